The largest absolute Gasteiger partial charge is 0.478 e. The smallest absolute Gasteiger partial charge is 0.328 e. The van der Waals surface area contributed by atoms with Crippen molar-refractivity contribution in [3.05, 3.63) is 11.6 Å². The number of aliphatic hydroxyl groups is 1. The van der Waals surface area contributed by atoms with E-state index in [0.29, 0.717) is 6.42 Å². The predicted molar refractivity (Wildman–Crippen MR) is 49.4 cm³/mol. The first kappa shape index (κ1) is 10.3. The first-order valence-corrected chi connectivity index (χ1v) is 4.64. The molecule has 0 aliphatic heterocycles. The Hall–Kier alpha value is -0.830. The van der Waals surface area contributed by atoms with Crippen molar-refractivity contribution in [3.63, 3.8) is 0 Å². The van der Waals surface area contributed by atoms with Crippen LogP contribution in [0.2, 0.25) is 0 Å². The lowest BCUT2D eigenvalue weighted by atomic mass is 9.93. The molecular formula is C10H16O3. The minimum Gasteiger partial charge on any atom is -0.478 e. The van der Waals surface area contributed by atoms with E-state index in [-0.39, 0.29) is 0 Å². The maximum absolute atomic E-state index is 10.3. The summed E-state index contributed by atoms with van der Waals surface area (Å²) < 4.78 is 0. The van der Waals surface area contributed by atoms with Gasteiger partial charge in [-0.3, -0.25) is 0 Å². The van der Waals surface area contributed by atoms with Gasteiger partial charge in [0.25, 0.3) is 0 Å². The van der Waals surface area contributed by atoms with Gasteiger partial charge in [0.2, 0.25) is 0 Å². The first-order valence-electron chi connectivity index (χ1n) is 4.64. The Labute approximate surface area is 78.1 Å². The summed E-state index contributed by atoms with van der Waals surface area (Å²) in [5.41, 5.74) is 0.118. The normalized spacial score (nSPS) is 21.8. The molecule has 0 unspecified atom stereocenters. The average molecular weight is 184 g/mol. The highest BCUT2D eigenvalue weighted by Gasteiger charge is 2.30. The van der Waals surface area contributed by atoms with Gasteiger partial charge in [-0.05, 0) is 26.2 Å². The van der Waals surface area contributed by atoms with Gasteiger partial charge in [-0.25, -0.2) is 4.79 Å². The zero-order valence-corrected chi connectivity index (χ0v) is 7.92. The third kappa shape index (κ3) is 3.19. The standard InChI is InChI=1S/C10H16O3/c1-8(6-9(11)12)7-10(13)4-2-3-5-10/h6,13H,2-5,7H2,1H3,(H,11,12)/b8-6+. The molecule has 3 heteroatoms. The molecule has 0 aromatic heterocycles. The molecule has 0 spiro atoms. The van der Waals surface area contributed by atoms with Gasteiger partial charge in [0, 0.05) is 6.08 Å². The van der Waals surface area contributed by atoms with Crippen LogP contribution < -0.4 is 0 Å². The molecule has 0 aromatic carbocycles. The number of aliphatic carboxylic acids is 1. The van der Waals surface area contributed by atoms with E-state index in [1.54, 1.807) is 6.92 Å². The molecule has 0 saturated heterocycles. The summed E-state index contributed by atoms with van der Waals surface area (Å²) in [7, 11) is 0. The molecule has 0 radical (unpaired) electrons. The van der Waals surface area contributed by atoms with E-state index in [1.165, 1.54) is 6.08 Å². The van der Waals surface area contributed by atoms with E-state index in [2.05, 4.69) is 0 Å². The molecule has 1 aliphatic carbocycles. The van der Waals surface area contributed by atoms with Crippen LogP contribution in [0.3, 0.4) is 0 Å². The first-order chi connectivity index (χ1) is 6.02. The molecule has 2 N–H and O–H groups in total. The molecule has 1 aliphatic rings. The van der Waals surface area contributed by atoms with Crippen LogP contribution in [0.5, 0.6) is 0 Å². The summed E-state index contributed by atoms with van der Waals surface area (Å²) in [4.78, 5) is 10.3. The van der Waals surface area contributed by atoms with Gasteiger partial charge in [-0.2, -0.15) is 0 Å². The van der Waals surface area contributed by atoms with Crippen LogP contribution >= 0.6 is 0 Å². The van der Waals surface area contributed by atoms with E-state index in [9.17, 15) is 9.90 Å². The Balaban J connectivity index is 2.52. The molecule has 1 fully saturated rings. The maximum atomic E-state index is 10.3. The molecule has 0 atom stereocenters. The van der Waals surface area contributed by atoms with Crippen molar-refractivity contribution in [3.8, 4) is 0 Å². The van der Waals surface area contributed by atoms with Gasteiger partial charge >= 0.3 is 5.97 Å². The average Bonchev–Trinajstić information content (AvgIpc) is 2.33. The SMILES string of the molecule is C/C(=C\C(=O)O)CC1(O)CCCC1. The van der Waals surface area contributed by atoms with Crippen LogP contribution in [0.1, 0.15) is 39.0 Å². The fraction of sp³-hybridized carbons (Fsp3) is 0.700. The van der Waals surface area contributed by atoms with Crippen molar-refractivity contribution in [2.75, 3.05) is 0 Å². The summed E-state index contributed by atoms with van der Waals surface area (Å²) >= 11 is 0. The van der Waals surface area contributed by atoms with Crippen LogP contribution in [-0.2, 0) is 4.79 Å². The number of hydrogen-bond donors (Lipinski definition) is 2. The molecule has 1 saturated carbocycles. The molecular weight excluding hydrogens is 168 g/mol. The van der Waals surface area contributed by atoms with Crippen LogP contribution in [0.25, 0.3) is 0 Å². The highest BCUT2D eigenvalue weighted by atomic mass is 16.4. The third-order valence-electron chi connectivity index (χ3n) is 2.51. The lowest BCUT2D eigenvalue weighted by molar-refractivity contribution is -0.131. The van der Waals surface area contributed by atoms with Crippen LogP contribution in [0, 0.1) is 0 Å². The Morgan fingerprint density at radius 2 is 2.00 bits per heavy atom. The molecule has 0 aromatic rings. The number of hydrogen-bond acceptors (Lipinski definition) is 2. The highest BCUT2D eigenvalue weighted by molar-refractivity contribution is 5.80. The van der Waals surface area contributed by atoms with E-state index in [4.69, 9.17) is 5.11 Å². The fourth-order valence-electron chi connectivity index (χ4n) is 1.99. The number of carboxylic acid groups (broad SMARTS) is 1. The fourth-order valence-corrected chi connectivity index (χ4v) is 1.99. The zero-order valence-electron chi connectivity index (χ0n) is 7.92. The van der Waals surface area contributed by atoms with Crippen molar-refractivity contribution in [1.29, 1.82) is 0 Å². The molecule has 0 heterocycles. The number of carboxylic acids is 1. The van der Waals surface area contributed by atoms with Crippen molar-refractivity contribution >= 4 is 5.97 Å². The van der Waals surface area contributed by atoms with Crippen LogP contribution in [0.4, 0.5) is 0 Å². The molecule has 0 bridgehead atoms. The quantitative estimate of drug-likeness (QED) is 0.656. The molecule has 0 amide bonds. The monoisotopic (exact) mass is 184 g/mol. The van der Waals surface area contributed by atoms with Gasteiger partial charge in [-0.1, -0.05) is 18.4 Å². The van der Waals surface area contributed by atoms with Gasteiger partial charge in [0.15, 0.2) is 0 Å². The second-order valence-corrected chi connectivity index (χ2v) is 3.94. The van der Waals surface area contributed by atoms with Crippen LogP contribution in [0.15, 0.2) is 11.6 Å². The summed E-state index contributed by atoms with van der Waals surface area (Å²) in [6.45, 7) is 1.75. The lowest BCUT2D eigenvalue weighted by Crippen LogP contribution is -2.24. The number of rotatable bonds is 3. The van der Waals surface area contributed by atoms with E-state index < -0.39 is 11.6 Å². The minimum atomic E-state index is -0.931. The van der Waals surface area contributed by atoms with Gasteiger partial charge in [0.05, 0.1) is 5.60 Å². The minimum absolute atomic E-state index is 0.499. The molecule has 74 valence electrons. The highest BCUT2D eigenvalue weighted by Crippen LogP contribution is 2.34. The van der Waals surface area contributed by atoms with Gasteiger partial charge in [-0.15, -0.1) is 0 Å². The molecule has 13 heavy (non-hydrogen) atoms. The summed E-state index contributed by atoms with van der Waals surface area (Å²) in [6, 6.07) is 0. The predicted octanol–water partition coefficient (Wildman–Crippen LogP) is 1.71. The topological polar surface area (TPSA) is 57.5 Å². The second kappa shape index (κ2) is 3.92. The maximum Gasteiger partial charge on any atom is 0.328 e. The Kier molecular flexibility index (Phi) is 3.09. The number of carbonyl (C=O) groups is 1. The molecule has 3 nitrogen and oxygen atoms in total. The van der Waals surface area contributed by atoms with E-state index in [0.717, 1.165) is 31.3 Å². The zero-order chi connectivity index (χ0) is 9.90. The van der Waals surface area contributed by atoms with Gasteiger partial charge < -0.3 is 10.2 Å². The van der Waals surface area contributed by atoms with Crippen molar-refractivity contribution in [1.82, 2.24) is 0 Å². The van der Waals surface area contributed by atoms with Crippen LogP contribution in [-0.4, -0.2) is 21.8 Å². The Morgan fingerprint density at radius 1 is 1.46 bits per heavy atom. The summed E-state index contributed by atoms with van der Waals surface area (Å²) in [5.74, 6) is -0.931. The second-order valence-electron chi connectivity index (χ2n) is 3.94. The Morgan fingerprint density at radius 3 is 2.46 bits per heavy atom. The summed E-state index contributed by atoms with van der Waals surface area (Å²) in [6.07, 6.45) is 5.39. The van der Waals surface area contributed by atoms with Gasteiger partial charge in [0.1, 0.15) is 0 Å². The lowest BCUT2D eigenvalue weighted by Gasteiger charge is -2.21. The van der Waals surface area contributed by atoms with E-state index >= 15 is 0 Å². The third-order valence-corrected chi connectivity index (χ3v) is 2.51. The van der Waals surface area contributed by atoms with Crippen molar-refractivity contribution in [2.45, 2.75) is 44.6 Å². The molecule has 1 rings (SSSR count). The Bertz CT molecular complexity index is 224. The van der Waals surface area contributed by atoms with Crippen molar-refractivity contribution in [2.24, 2.45) is 0 Å². The van der Waals surface area contributed by atoms with Crippen molar-refractivity contribution < 1.29 is 15.0 Å². The van der Waals surface area contributed by atoms with E-state index in [1.807, 2.05) is 0 Å². The summed E-state index contributed by atoms with van der Waals surface area (Å²) in [5, 5.41) is 18.4.